The SMILES string of the molecule is CCC1=C(c2ccccc2)c2cc(C(=O)O)ccc2CC1. The highest BCUT2D eigenvalue weighted by atomic mass is 16.4. The molecule has 0 atom stereocenters. The molecule has 0 fully saturated rings. The lowest BCUT2D eigenvalue weighted by Gasteiger charge is -2.24. The van der Waals surface area contributed by atoms with Crippen molar-refractivity contribution < 1.29 is 9.90 Å². The number of aromatic carboxylic acids is 1. The smallest absolute Gasteiger partial charge is 0.335 e. The number of carboxylic acid groups (broad SMARTS) is 1. The maximum absolute atomic E-state index is 11.3. The van der Waals surface area contributed by atoms with E-state index in [1.54, 1.807) is 6.07 Å². The van der Waals surface area contributed by atoms with E-state index in [0.29, 0.717) is 5.56 Å². The molecule has 0 amide bonds. The molecule has 0 aromatic heterocycles. The third-order valence-electron chi connectivity index (χ3n) is 4.17. The van der Waals surface area contributed by atoms with E-state index >= 15 is 0 Å². The van der Waals surface area contributed by atoms with Crippen molar-refractivity contribution in [1.82, 2.24) is 0 Å². The van der Waals surface area contributed by atoms with Crippen molar-refractivity contribution in [2.24, 2.45) is 0 Å². The Labute approximate surface area is 124 Å². The molecule has 0 bridgehead atoms. The van der Waals surface area contributed by atoms with Gasteiger partial charge >= 0.3 is 5.97 Å². The summed E-state index contributed by atoms with van der Waals surface area (Å²) in [6, 6.07) is 15.8. The van der Waals surface area contributed by atoms with E-state index in [1.807, 2.05) is 30.3 Å². The van der Waals surface area contributed by atoms with Gasteiger partial charge < -0.3 is 5.11 Å². The van der Waals surface area contributed by atoms with Crippen molar-refractivity contribution >= 4 is 11.5 Å². The van der Waals surface area contributed by atoms with Crippen LogP contribution in [0.4, 0.5) is 0 Å². The van der Waals surface area contributed by atoms with Crippen molar-refractivity contribution in [3.05, 3.63) is 76.4 Å². The van der Waals surface area contributed by atoms with Gasteiger partial charge in [0, 0.05) is 0 Å². The summed E-state index contributed by atoms with van der Waals surface area (Å²) in [5.74, 6) is -0.867. The van der Waals surface area contributed by atoms with Crippen LogP contribution in [0.2, 0.25) is 0 Å². The molecule has 0 spiro atoms. The van der Waals surface area contributed by atoms with Crippen molar-refractivity contribution in [3.8, 4) is 0 Å². The molecule has 2 heteroatoms. The lowest BCUT2D eigenvalue weighted by molar-refractivity contribution is 0.0697. The molecule has 3 rings (SSSR count). The van der Waals surface area contributed by atoms with Crippen LogP contribution in [0.15, 0.2) is 54.1 Å². The minimum atomic E-state index is -0.867. The van der Waals surface area contributed by atoms with Crippen LogP contribution < -0.4 is 0 Å². The van der Waals surface area contributed by atoms with Crippen LogP contribution in [0.5, 0.6) is 0 Å². The molecule has 2 aromatic rings. The third kappa shape index (κ3) is 2.49. The predicted molar refractivity (Wildman–Crippen MR) is 84.5 cm³/mol. The largest absolute Gasteiger partial charge is 0.478 e. The van der Waals surface area contributed by atoms with Gasteiger partial charge in [0.25, 0.3) is 0 Å². The fourth-order valence-corrected chi connectivity index (χ4v) is 3.08. The van der Waals surface area contributed by atoms with E-state index in [2.05, 4.69) is 19.1 Å². The monoisotopic (exact) mass is 278 g/mol. The zero-order chi connectivity index (χ0) is 14.8. The number of rotatable bonds is 3. The van der Waals surface area contributed by atoms with Gasteiger partial charge in [-0.15, -0.1) is 0 Å². The topological polar surface area (TPSA) is 37.3 Å². The summed E-state index contributed by atoms with van der Waals surface area (Å²) >= 11 is 0. The number of benzene rings is 2. The Bertz CT molecular complexity index is 712. The summed E-state index contributed by atoms with van der Waals surface area (Å²) in [4.78, 5) is 11.3. The fourth-order valence-electron chi connectivity index (χ4n) is 3.08. The Balaban J connectivity index is 2.23. The van der Waals surface area contributed by atoms with Crippen LogP contribution in [0.25, 0.3) is 5.57 Å². The summed E-state index contributed by atoms with van der Waals surface area (Å²) in [6.07, 6.45) is 3.05. The Morgan fingerprint density at radius 2 is 1.86 bits per heavy atom. The van der Waals surface area contributed by atoms with Crippen molar-refractivity contribution in [3.63, 3.8) is 0 Å². The summed E-state index contributed by atoms with van der Waals surface area (Å²) in [6.45, 7) is 2.17. The van der Waals surface area contributed by atoms with Crippen LogP contribution >= 0.6 is 0 Å². The van der Waals surface area contributed by atoms with Gasteiger partial charge in [0.05, 0.1) is 5.56 Å². The molecule has 1 aliphatic carbocycles. The Morgan fingerprint density at radius 3 is 2.52 bits per heavy atom. The van der Waals surface area contributed by atoms with Crippen LogP contribution in [-0.2, 0) is 6.42 Å². The molecule has 0 unspecified atom stereocenters. The second-order valence-corrected chi connectivity index (χ2v) is 5.38. The van der Waals surface area contributed by atoms with Gasteiger partial charge in [-0.25, -0.2) is 4.79 Å². The molecule has 2 aromatic carbocycles. The first kappa shape index (κ1) is 13.6. The van der Waals surface area contributed by atoms with Crippen molar-refractivity contribution in [2.75, 3.05) is 0 Å². The quantitative estimate of drug-likeness (QED) is 0.894. The first-order valence-corrected chi connectivity index (χ1v) is 7.34. The van der Waals surface area contributed by atoms with Crippen molar-refractivity contribution in [1.29, 1.82) is 0 Å². The van der Waals surface area contributed by atoms with Crippen LogP contribution in [0.1, 0.15) is 46.8 Å². The fraction of sp³-hybridized carbons (Fsp3) is 0.211. The number of carbonyl (C=O) groups is 1. The van der Waals surface area contributed by atoms with Gasteiger partial charge in [-0.05, 0) is 53.7 Å². The maximum Gasteiger partial charge on any atom is 0.335 e. The maximum atomic E-state index is 11.3. The summed E-state index contributed by atoms with van der Waals surface area (Å²) in [5, 5.41) is 9.25. The van der Waals surface area contributed by atoms with E-state index in [4.69, 9.17) is 0 Å². The average Bonchev–Trinajstić information content (AvgIpc) is 2.53. The minimum absolute atomic E-state index is 0.361. The minimum Gasteiger partial charge on any atom is -0.478 e. The van der Waals surface area contributed by atoms with Crippen LogP contribution in [-0.4, -0.2) is 11.1 Å². The predicted octanol–water partition coefficient (Wildman–Crippen LogP) is 4.54. The van der Waals surface area contributed by atoms with Gasteiger partial charge in [0.15, 0.2) is 0 Å². The summed E-state index contributed by atoms with van der Waals surface area (Å²) in [5.41, 5.74) is 6.51. The Morgan fingerprint density at radius 1 is 1.10 bits per heavy atom. The second kappa shape index (κ2) is 5.57. The van der Waals surface area contributed by atoms with Gasteiger partial charge in [-0.1, -0.05) is 48.9 Å². The number of hydrogen-bond donors (Lipinski definition) is 1. The molecule has 0 radical (unpaired) electrons. The second-order valence-electron chi connectivity index (χ2n) is 5.38. The zero-order valence-electron chi connectivity index (χ0n) is 12.1. The van der Waals surface area contributed by atoms with Crippen molar-refractivity contribution in [2.45, 2.75) is 26.2 Å². The molecule has 106 valence electrons. The lowest BCUT2D eigenvalue weighted by Crippen LogP contribution is -2.08. The lowest BCUT2D eigenvalue weighted by atomic mass is 9.80. The van der Waals surface area contributed by atoms with Gasteiger partial charge in [-0.2, -0.15) is 0 Å². The molecule has 0 heterocycles. The number of carboxylic acids is 1. The normalized spacial score (nSPS) is 14.0. The number of allylic oxidation sites excluding steroid dienone is 1. The highest BCUT2D eigenvalue weighted by Gasteiger charge is 2.20. The number of fused-ring (bicyclic) bond motifs is 1. The zero-order valence-corrected chi connectivity index (χ0v) is 12.1. The molecule has 1 aliphatic rings. The molecular weight excluding hydrogens is 260 g/mol. The molecule has 2 nitrogen and oxygen atoms in total. The van der Waals surface area contributed by atoms with Gasteiger partial charge in [-0.3, -0.25) is 0 Å². The Kier molecular flexibility index (Phi) is 3.61. The Hall–Kier alpha value is -2.35. The first-order valence-electron chi connectivity index (χ1n) is 7.34. The molecule has 0 aliphatic heterocycles. The summed E-state index contributed by atoms with van der Waals surface area (Å²) in [7, 11) is 0. The molecular formula is C19H18O2. The van der Waals surface area contributed by atoms with E-state index in [9.17, 15) is 9.90 Å². The third-order valence-corrected chi connectivity index (χ3v) is 4.17. The van der Waals surface area contributed by atoms with Gasteiger partial charge in [0.2, 0.25) is 0 Å². The van der Waals surface area contributed by atoms with E-state index in [0.717, 1.165) is 24.8 Å². The number of aryl methyl sites for hydroxylation is 1. The first-order chi connectivity index (χ1) is 10.2. The molecule has 0 saturated heterocycles. The molecule has 1 N–H and O–H groups in total. The van der Waals surface area contributed by atoms with E-state index in [1.165, 1.54) is 22.3 Å². The highest BCUT2D eigenvalue weighted by molar-refractivity contribution is 5.92. The molecule has 0 saturated carbocycles. The standard InChI is InChI=1S/C19H18O2/c1-2-13-8-9-14-10-11-16(19(20)21)12-17(14)18(13)15-6-4-3-5-7-15/h3-7,10-12H,2,8-9H2,1H3,(H,20,21). The van der Waals surface area contributed by atoms with Crippen LogP contribution in [0, 0.1) is 0 Å². The summed E-state index contributed by atoms with van der Waals surface area (Å²) < 4.78 is 0. The van der Waals surface area contributed by atoms with Gasteiger partial charge in [0.1, 0.15) is 0 Å². The number of hydrogen-bond acceptors (Lipinski definition) is 1. The average molecular weight is 278 g/mol. The van der Waals surface area contributed by atoms with Crippen LogP contribution in [0.3, 0.4) is 0 Å². The van der Waals surface area contributed by atoms with E-state index < -0.39 is 5.97 Å². The molecule has 21 heavy (non-hydrogen) atoms. The van der Waals surface area contributed by atoms with E-state index in [-0.39, 0.29) is 0 Å². The highest BCUT2D eigenvalue weighted by Crippen LogP contribution is 2.37.